The summed E-state index contributed by atoms with van der Waals surface area (Å²) in [4.78, 5) is 29.5. The zero-order chi connectivity index (χ0) is 23.9. The molecule has 0 aliphatic carbocycles. The van der Waals surface area contributed by atoms with Gasteiger partial charge in [-0.3, -0.25) is 9.78 Å². The Morgan fingerprint density at radius 1 is 0.971 bits per heavy atom. The SMILES string of the molecule is Cc1cccnc1Cc1ccc(OC(=O)N2CCC(Oc3ccc(CC(=O)O)cc3)CC2)cc1. The Morgan fingerprint density at radius 2 is 1.62 bits per heavy atom. The highest BCUT2D eigenvalue weighted by Crippen LogP contribution is 2.22. The molecule has 0 atom stereocenters. The number of aromatic nitrogens is 1. The van der Waals surface area contributed by atoms with Crippen molar-refractivity contribution >= 4 is 12.1 Å². The van der Waals surface area contributed by atoms with Gasteiger partial charge in [0.15, 0.2) is 0 Å². The summed E-state index contributed by atoms with van der Waals surface area (Å²) in [7, 11) is 0. The predicted molar refractivity (Wildman–Crippen MR) is 127 cm³/mol. The van der Waals surface area contributed by atoms with Crippen LogP contribution in [0.25, 0.3) is 0 Å². The summed E-state index contributed by atoms with van der Waals surface area (Å²) < 4.78 is 11.6. The average molecular weight is 461 g/mol. The number of carboxylic acid groups (broad SMARTS) is 1. The van der Waals surface area contributed by atoms with Crippen molar-refractivity contribution in [3.05, 3.63) is 89.2 Å². The Morgan fingerprint density at radius 3 is 2.26 bits per heavy atom. The number of rotatable bonds is 7. The molecule has 0 spiro atoms. The van der Waals surface area contributed by atoms with Crippen LogP contribution in [0, 0.1) is 6.92 Å². The molecule has 1 aliphatic heterocycles. The van der Waals surface area contributed by atoms with E-state index >= 15 is 0 Å². The second kappa shape index (κ2) is 10.8. The summed E-state index contributed by atoms with van der Waals surface area (Å²) in [5, 5.41) is 8.86. The highest BCUT2D eigenvalue weighted by Gasteiger charge is 2.25. The van der Waals surface area contributed by atoms with Crippen LogP contribution in [0.1, 0.15) is 35.2 Å². The van der Waals surface area contributed by atoms with Crippen molar-refractivity contribution in [3.8, 4) is 11.5 Å². The molecule has 34 heavy (non-hydrogen) atoms. The van der Waals surface area contributed by atoms with E-state index in [2.05, 4.69) is 4.98 Å². The van der Waals surface area contributed by atoms with E-state index in [-0.39, 0.29) is 18.6 Å². The number of amides is 1. The summed E-state index contributed by atoms with van der Waals surface area (Å²) >= 11 is 0. The number of likely N-dealkylation sites (tertiary alicyclic amines) is 1. The quantitative estimate of drug-likeness (QED) is 0.552. The first-order valence-corrected chi connectivity index (χ1v) is 11.4. The third kappa shape index (κ3) is 6.34. The number of piperidine rings is 1. The number of nitrogens with zero attached hydrogens (tertiary/aromatic N) is 2. The lowest BCUT2D eigenvalue weighted by Gasteiger charge is -2.31. The first-order chi connectivity index (χ1) is 16.5. The monoisotopic (exact) mass is 460 g/mol. The number of carboxylic acids is 1. The van der Waals surface area contributed by atoms with Gasteiger partial charge in [-0.05, 0) is 53.9 Å². The number of carbonyl (C=O) groups excluding carboxylic acids is 1. The predicted octanol–water partition coefficient (Wildman–Crippen LogP) is 4.65. The zero-order valence-electron chi connectivity index (χ0n) is 19.1. The van der Waals surface area contributed by atoms with Crippen molar-refractivity contribution in [1.29, 1.82) is 0 Å². The fourth-order valence-corrected chi connectivity index (χ4v) is 3.95. The first kappa shape index (κ1) is 23.3. The molecule has 176 valence electrons. The molecule has 1 aliphatic rings. The van der Waals surface area contributed by atoms with Gasteiger partial charge in [-0.2, -0.15) is 0 Å². The molecule has 2 heterocycles. The highest BCUT2D eigenvalue weighted by molar-refractivity contribution is 5.71. The van der Waals surface area contributed by atoms with E-state index in [0.29, 0.717) is 37.4 Å². The normalized spacial score (nSPS) is 14.0. The van der Waals surface area contributed by atoms with Crippen LogP contribution in [0.3, 0.4) is 0 Å². The van der Waals surface area contributed by atoms with Crippen molar-refractivity contribution < 1.29 is 24.2 Å². The molecule has 1 aromatic heterocycles. The topological polar surface area (TPSA) is 89.0 Å². The van der Waals surface area contributed by atoms with Gasteiger partial charge in [0, 0.05) is 44.2 Å². The second-order valence-electron chi connectivity index (χ2n) is 8.47. The zero-order valence-corrected chi connectivity index (χ0v) is 19.1. The number of benzene rings is 2. The van der Waals surface area contributed by atoms with Crippen LogP contribution in [0.2, 0.25) is 0 Å². The van der Waals surface area contributed by atoms with Crippen molar-refractivity contribution in [2.75, 3.05) is 13.1 Å². The van der Waals surface area contributed by atoms with Gasteiger partial charge in [-0.25, -0.2) is 4.79 Å². The molecule has 2 aromatic carbocycles. The molecule has 3 aromatic rings. The minimum Gasteiger partial charge on any atom is -0.490 e. The van der Waals surface area contributed by atoms with Crippen LogP contribution >= 0.6 is 0 Å². The molecule has 7 nitrogen and oxygen atoms in total. The molecule has 1 saturated heterocycles. The van der Waals surface area contributed by atoms with Gasteiger partial charge in [-0.15, -0.1) is 0 Å². The van der Waals surface area contributed by atoms with Crippen LogP contribution in [-0.2, 0) is 17.6 Å². The lowest BCUT2D eigenvalue weighted by atomic mass is 10.1. The Bertz CT molecular complexity index is 1120. The van der Waals surface area contributed by atoms with Crippen LogP contribution in [0.5, 0.6) is 11.5 Å². The van der Waals surface area contributed by atoms with Gasteiger partial charge in [0.25, 0.3) is 0 Å². The molecule has 0 radical (unpaired) electrons. The van der Waals surface area contributed by atoms with E-state index in [9.17, 15) is 9.59 Å². The molecule has 1 N–H and O–H groups in total. The average Bonchev–Trinajstić information content (AvgIpc) is 2.83. The number of carbonyl (C=O) groups is 2. The Labute approximate surface area is 199 Å². The van der Waals surface area contributed by atoms with E-state index in [0.717, 1.165) is 28.8 Å². The van der Waals surface area contributed by atoms with Crippen molar-refractivity contribution in [3.63, 3.8) is 0 Å². The van der Waals surface area contributed by atoms with Crippen LogP contribution in [0.15, 0.2) is 66.9 Å². The number of pyridine rings is 1. The minimum atomic E-state index is -0.858. The summed E-state index contributed by atoms with van der Waals surface area (Å²) in [6.07, 6.45) is 3.57. The third-order valence-electron chi connectivity index (χ3n) is 5.90. The molecule has 7 heteroatoms. The lowest BCUT2D eigenvalue weighted by Crippen LogP contribution is -2.43. The maximum absolute atomic E-state index is 12.6. The highest BCUT2D eigenvalue weighted by atomic mass is 16.6. The molecule has 1 fully saturated rings. The second-order valence-corrected chi connectivity index (χ2v) is 8.47. The molecule has 1 amide bonds. The molecule has 0 saturated carbocycles. The summed E-state index contributed by atoms with van der Waals surface area (Å²) in [6, 6.07) is 18.6. The van der Waals surface area contributed by atoms with Crippen LogP contribution < -0.4 is 9.47 Å². The minimum absolute atomic E-state index is 0.00344. The molecular formula is C27H28N2O5. The number of hydrogen-bond acceptors (Lipinski definition) is 5. The number of ether oxygens (including phenoxy) is 2. The maximum Gasteiger partial charge on any atom is 0.415 e. The lowest BCUT2D eigenvalue weighted by molar-refractivity contribution is -0.136. The Balaban J connectivity index is 1.23. The fraction of sp³-hybridized carbons (Fsp3) is 0.296. The Hall–Kier alpha value is -3.87. The van der Waals surface area contributed by atoms with Crippen molar-refractivity contribution in [2.45, 2.75) is 38.7 Å². The van der Waals surface area contributed by atoms with Gasteiger partial charge in [0.2, 0.25) is 0 Å². The number of hydrogen-bond donors (Lipinski definition) is 1. The standard InChI is InChI=1S/C27H28N2O5/c1-19-3-2-14-28-25(19)17-20-4-10-23(11-5-20)34-27(32)29-15-12-24(13-16-29)33-22-8-6-21(7-9-22)18-26(30)31/h2-11,14,24H,12-13,15-18H2,1H3,(H,30,31). The smallest absolute Gasteiger partial charge is 0.415 e. The fourth-order valence-electron chi connectivity index (χ4n) is 3.95. The number of aryl methyl sites for hydroxylation is 1. The van der Waals surface area contributed by atoms with E-state index in [4.69, 9.17) is 14.6 Å². The molecule has 4 rings (SSSR count). The van der Waals surface area contributed by atoms with Crippen molar-refractivity contribution in [1.82, 2.24) is 9.88 Å². The number of aliphatic carboxylic acids is 1. The molecule has 0 unspecified atom stereocenters. The largest absolute Gasteiger partial charge is 0.490 e. The van der Waals surface area contributed by atoms with E-state index in [1.807, 2.05) is 43.3 Å². The van der Waals surface area contributed by atoms with Gasteiger partial charge >= 0.3 is 12.1 Å². The van der Waals surface area contributed by atoms with Gasteiger partial charge in [0.1, 0.15) is 17.6 Å². The maximum atomic E-state index is 12.6. The van der Waals surface area contributed by atoms with Crippen LogP contribution in [0.4, 0.5) is 4.79 Å². The summed E-state index contributed by atoms with van der Waals surface area (Å²) in [5.74, 6) is 0.367. The van der Waals surface area contributed by atoms with E-state index < -0.39 is 5.97 Å². The van der Waals surface area contributed by atoms with E-state index in [1.54, 1.807) is 35.4 Å². The first-order valence-electron chi connectivity index (χ1n) is 11.4. The van der Waals surface area contributed by atoms with E-state index in [1.165, 1.54) is 0 Å². The summed E-state index contributed by atoms with van der Waals surface area (Å²) in [5.41, 5.74) is 4.03. The summed E-state index contributed by atoms with van der Waals surface area (Å²) in [6.45, 7) is 3.15. The van der Waals surface area contributed by atoms with Crippen LogP contribution in [-0.4, -0.2) is 46.2 Å². The third-order valence-corrected chi connectivity index (χ3v) is 5.90. The van der Waals surface area contributed by atoms with Gasteiger partial charge < -0.3 is 19.5 Å². The molecular weight excluding hydrogens is 432 g/mol. The molecule has 0 bridgehead atoms. The van der Waals surface area contributed by atoms with Crippen molar-refractivity contribution in [2.24, 2.45) is 0 Å². The Kier molecular flexibility index (Phi) is 7.42. The van der Waals surface area contributed by atoms with Gasteiger partial charge in [-0.1, -0.05) is 30.3 Å². The van der Waals surface area contributed by atoms with Gasteiger partial charge in [0.05, 0.1) is 6.42 Å².